The van der Waals surface area contributed by atoms with Crippen LogP contribution < -0.4 is 15.0 Å². The molecule has 1 saturated carbocycles. The van der Waals surface area contributed by atoms with Gasteiger partial charge in [-0.05, 0) is 55.5 Å². The van der Waals surface area contributed by atoms with Gasteiger partial charge >= 0.3 is 6.03 Å². The average molecular weight is 415 g/mol. The standard InChI is InChI=1S/C22H27ClN4O2/c23-18-4-3-5-19(15-18)26-10-12-27(13-11-26)22(28)25-16-17-8-9-24-21(14-17)29-20-6-1-2-7-20/h3-5,8-9,14-15,20H,1-2,6-7,10-13,16H2,(H,25,28). The summed E-state index contributed by atoms with van der Waals surface area (Å²) in [6, 6.07) is 11.6. The summed E-state index contributed by atoms with van der Waals surface area (Å²) < 4.78 is 5.95. The van der Waals surface area contributed by atoms with Gasteiger partial charge in [-0.3, -0.25) is 0 Å². The Morgan fingerprint density at radius 1 is 1.14 bits per heavy atom. The molecule has 7 heteroatoms. The molecule has 1 aromatic carbocycles. The molecule has 6 nitrogen and oxygen atoms in total. The largest absolute Gasteiger partial charge is 0.474 e. The Hall–Kier alpha value is -2.47. The number of anilines is 1. The minimum atomic E-state index is -0.0363. The predicted molar refractivity (Wildman–Crippen MR) is 115 cm³/mol. The van der Waals surface area contributed by atoms with Crippen LogP contribution >= 0.6 is 11.6 Å². The lowest BCUT2D eigenvalue weighted by Gasteiger charge is -2.36. The van der Waals surface area contributed by atoms with Crippen LogP contribution in [0.3, 0.4) is 0 Å². The molecule has 1 aliphatic carbocycles. The highest BCUT2D eigenvalue weighted by molar-refractivity contribution is 6.30. The Morgan fingerprint density at radius 2 is 1.93 bits per heavy atom. The van der Waals surface area contributed by atoms with Crippen LogP contribution in [0, 0.1) is 0 Å². The number of amides is 2. The monoisotopic (exact) mass is 414 g/mol. The van der Waals surface area contributed by atoms with Gasteiger partial charge in [-0.15, -0.1) is 0 Å². The molecule has 0 bridgehead atoms. The predicted octanol–water partition coefficient (Wildman–Crippen LogP) is 4.09. The minimum Gasteiger partial charge on any atom is -0.474 e. The Bertz CT molecular complexity index is 833. The van der Waals surface area contributed by atoms with E-state index in [4.69, 9.17) is 16.3 Å². The Labute approximate surface area is 176 Å². The number of aromatic nitrogens is 1. The molecule has 1 saturated heterocycles. The fraction of sp³-hybridized carbons (Fsp3) is 0.455. The number of ether oxygens (including phenoxy) is 1. The summed E-state index contributed by atoms with van der Waals surface area (Å²) in [4.78, 5) is 21.0. The van der Waals surface area contributed by atoms with Crippen LogP contribution in [0.15, 0.2) is 42.6 Å². The second kappa shape index (κ2) is 9.35. The molecule has 0 atom stereocenters. The first kappa shape index (κ1) is 19.8. The van der Waals surface area contributed by atoms with Crippen LogP contribution in [0.5, 0.6) is 5.88 Å². The van der Waals surface area contributed by atoms with Gasteiger partial charge in [-0.1, -0.05) is 17.7 Å². The number of hydrogen-bond donors (Lipinski definition) is 1. The molecule has 2 aromatic rings. The highest BCUT2D eigenvalue weighted by Crippen LogP contribution is 2.23. The summed E-state index contributed by atoms with van der Waals surface area (Å²) in [5.41, 5.74) is 2.10. The van der Waals surface area contributed by atoms with Crippen molar-refractivity contribution >= 4 is 23.3 Å². The normalized spacial score (nSPS) is 17.4. The number of piperazine rings is 1. The first-order valence-corrected chi connectivity index (χ1v) is 10.7. The maximum absolute atomic E-state index is 12.6. The molecule has 0 spiro atoms. The number of carbonyl (C=O) groups is 1. The van der Waals surface area contributed by atoms with Gasteiger partial charge < -0.3 is 19.9 Å². The molecule has 154 valence electrons. The Morgan fingerprint density at radius 3 is 2.69 bits per heavy atom. The first-order chi connectivity index (χ1) is 14.2. The van der Waals surface area contributed by atoms with Crippen molar-refractivity contribution in [2.24, 2.45) is 0 Å². The minimum absolute atomic E-state index is 0.0363. The summed E-state index contributed by atoms with van der Waals surface area (Å²) >= 11 is 6.09. The number of halogens is 1. The maximum Gasteiger partial charge on any atom is 0.317 e. The van der Waals surface area contributed by atoms with Crippen LogP contribution in [-0.4, -0.2) is 48.2 Å². The fourth-order valence-corrected chi connectivity index (χ4v) is 4.12. The van der Waals surface area contributed by atoms with Crippen molar-refractivity contribution in [1.82, 2.24) is 15.2 Å². The smallest absolute Gasteiger partial charge is 0.317 e. The molecule has 1 N–H and O–H groups in total. The van der Waals surface area contributed by atoms with Crippen molar-refractivity contribution in [3.05, 3.63) is 53.2 Å². The van der Waals surface area contributed by atoms with Gasteiger partial charge in [0.1, 0.15) is 6.10 Å². The topological polar surface area (TPSA) is 57.7 Å². The molecule has 1 aliphatic heterocycles. The zero-order chi connectivity index (χ0) is 20.1. The van der Waals surface area contributed by atoms with Crippen LogP contribution in [0.2, 0.25) is 5.02 Å². The number of nitrogens with zero attached hydrogens (tertiary/aromatic N) is 3. The van der Waals surface area contributed by atoms with Crippen molar-refractivity contribution in [3.8, 4) is 5.88 Å². The van der Waals surface area contributed by atoms with Gasteiger partial charge in [0, 0.05) is 55.7 Å². The highest BCUT2D eigenvalue weighted by Gasteiger charge is 2.21. The number of urea groups is 1. The summed E-state index contributed by atoms with van der Waals surface area (Å²) in [6.07, 6.45) is 6.68. The van der Waals surface area contributed by atoms with Gasteiger partial charge in [-0.25, -0.2) is 9.78 Å². The quantitative estimate of drug-likeness (QED) is 0.800. The van der Waals surface area contributed by atoms with E-state index in [-0.39, 0.29) is 12.1 Å². The third kappa shape index (κ3) is 5.32. The van der Waals surface area contributed by atoms with E-state index >= 15 is 0 Å². The molecule has 2 amide bonds. The van der Waals surface area contributed by atoms with Crippen molar-refractivity contribution in [2.45, 2.75) is 38.3 Å². The van der Waals surface area contributed by atoms with E-state index in [0.29, 0.717) is 25.5 Å². The molecule has 4 rings (SSSR count). The lowest BCUT2D eigenvalue weighted by atomic mass is 10.2. The van der Waals surface area contributed by atoms with E-state index in [2.05, 4.69) is 21.3 Å². The van der Waals surface area contributed by atoms with E-state index in [9.17, 15) is 4.79 Å². The molecule has 1 aromatic heterocycles. The van der Waals surface area contributed by atoms with Crippen molar-refractivity contribution in [2.75, 3.05) is 31.1 Å². The summed E-state index contributed by atoms with van der Waals surface area (Å²) in [5.74, 6) is 0.652. The van der Waals surface area contributed by atoms with E-state index in [0.717, 1.165) is 42.2 Å². The van der Waals surface area contributed by atoms with Crippen LogP contribution in [0.4, 0.5) is 10.5 Å². The van der Waals surface area contributed by atoms with Crippen LogP contribution in [0.25, 0.3) is 0 Å². The zero-order valence-corrected chi connectivity index (χ0v) is 17.3. The van der Waals surface area contributed by atoms with Crippen LogP contribution in [0.1, 0.15) is 31.2 Å². The van der Waals surface area contributed by atoms with E-state index in [1.54, 1.807) is 6.20 Å². The number of hydrogen-bond acceptors (Lipinski definition) is 4. The van der Waals surface area contributed by atoms with Crippen molar-refractivity contribution in [1.29, 1.82) is 0 Å². The van der Waals surface area contributed by atoms with Gasteiger partial charge in [-0.2, -0.15) is 0 Å². The number of nitrogens with one attached hydrogen (secondary N) is 1. The molecule has 2 aliphatic rings. The first-order valence-electron chi connectivity index (χ1n) is 10.3. The van der Waals surface area contributed by atoms with Crippen molar-refractivity contribution in [3.63, 3.8) is 0 Å². The summed E-state index contributed by atoms with van der Waals surface area (Å²) in [6.45, 7) is 3.43. The van der Waals surface area contributed by atoms with Crippen LogP contribution in [-0.2, 0) is 6.54 Å². The number of benzene rings is 1. The summed E-state index contributed by atoms with van der Waals surface area (Å²) in [7, 11) is 0. The highest BCUT2D eigenvalue weighted by atomic mass is 35.5. The van der Waals surface area contributed by atoms with Crippen molar-refractivity contribution < 1.29 is 9.53 Å². The lowest BCUT2D eigenvalue weighted by molar-refractivity contribution is 0.193. The molecule has 2 fully saturated rings. The van der Waals surface area contributed by atoms with E-state index < -0.39 is 0 Å². The fourth-order valence-electron chi connectivity index (χ4n) is 3.93. The molecule has 0 unspecified atom stereocenters. The Kier molecular flexibility index (Phi) is 6.39. The molecular weight excluding hydrogens is 388 g/mol. The second-order valence-corrected chi connectivity index (χ2v) is 8.08. The molecule has 0 radical (unpaired) electrons. The van der Waals surface area contributed by atoms with E-state index in [1.807, 2.05) is 35.2 Å². The molecule has 2 heterocycles. The third-order valence-corrected chi connectivity index (χ3v) is 5.81. The van der Waals surface area contributed by atoms with Gasteiger partial charge in [0.05, 0.1) is 0 Å². The lowest BCUT2D eigenvalue weighted by Crippen LogP contribution is -2.51. The molecular formula is C22H27ClN4O2. The molecule has 29 heavy (non-hydrogen) atoms. The number of rotatable bonds is 5. The van der Waals surface area contributed by atoms with Gasteiger partial charge in [0.25, 0.3) is 0 Å². The van der Waals surface area contributed by atoms with Gasteiger partial charge in [0.15, 0.2) is 0 Å². The number of carbonyl (C=O) groups excluding carboxylic acids is 1. The number of pyridine rings is 1. The zero-order valence-electron chi connectivity index (χ0n) is 16.5. The second-order valence-electron chi connectivity index (χ2n) is 7.64. The third-order valence-electron chi connectivity index (χ3n) is 5.57. The average Bonchev–Trinajstić information content (AvgIpc) is 3.25. The maximum atomic E-state index is 12.6. The Balaban J connectivity index is 1.25. The van der Waals surface area contributed by atoms with E-state index in [1.165, 1.54) is 12.8 Å². The van der Waals surface area contributed by atoms with Gasteiger partial charge in [0.2, 0.25) is 5.88 Å². The summed E-state index contributed by atoms with van der Waals surface area (Å²) in [5, 5.41) is 3.75. The SMILES string of the molecule is O=C(NCc1ccnc(OC2CCCC2)c1)N1CCN(c2cccc(Cl)c2)CC1.